The molecule has 0 atom stereocenters. The summed E-state index contributed by atoms with van der Waals surface area (Å²) in [5, 5.41) is 11.0. The van der Waals surface area contributed by atoms with Crippen LogP contribution in [0.1, 0.15) is 10.4 Å². The Morgan fingerprint density at radius 2 is 2.00 bits per heavy atom. The zero-order valence-electron chi connectivity index (χ0n) is 7.50. The third-order valence-corrected chi connectivity index (χ3v) is 3.16. The number of fused-ring (bicyclic) bond motifs is 1. The maximum Gasteiger partial charge on any atom is 0.336 e. The highest BCUT2D eigenvalue weighted by atomic mass is 79.9. The topological polar surface area (TPSA) is 37.3 Å². The normalized spacial score (nSPS) is 10.5. The number of rotatable bonds is 1. The van der Waals surface area contributed by atoms with Crippen LogP contribution in [0.2, 0.25) is 5.02 Å². The molecule has 0 amide bonds. The van der Waals surface area contributed by atoms with Crippen molar-refractivity contribution in [2.24, 2.45) is 0 Å². The van der Waals surface area contributed by atoms with Crippen LogP contribution in [0.4, 0.5) is 0 Å². The highest BCUT2D eigenvalue weighted by molar-refractivity contribution is 9.10. The van der Waals surface area contributed by atoms with E-state index in [4.69, 9.17) is 16.7 Å². The lowest BCUT2D eigenvalue weighted by atomic mass is 10.0. The summed E-state index contributed by atoms with van der Waals surface area (Å²) in [7, 11) is 0. The third kappa shape index (κ3) is 1.73. The van der Waals surface area contributed by atoms with Gasteiger partial charge in [-0.15, -0.1) is 0 Å². The minimum Gasteiger partial charge on any atom is -0.478 e. The summed E-state index contributed by atoms with van der Waals surface area (Å²) < 4.78 is 0.736. The summed E-state index contributed by atoms with van der Waals surface area (Å²) >= 11 is 9.32. The maximum atomic E-state index is 11.0. The van der Waals surface area contributed by atoms with E-state index in [2.05, 4.69) is 15.9 Å². The molecule has 0 heterocycles. The van der Waals surface area contributed by atoms with Gasteiger partial charge in [-0.2, -0.15) is 0 Å². The Balaban J connectivity index is 2.96. The number of aromatic carboxylic acids is 1. The van der Waals surface area contributed by atoms with Crippen LogP contribution in [0.15, 0.2) is 34.8 Å². The summed E-state index contributed by atoms with van der Waals surface area (Å²) in [6, 6.07) is 8.53. The molecule has 0 saturated heterocycles. The molecule has 0 radical (unpaired) electrons. The van der Waals surface area contributed by atoms with E-state index in [-0.39, 0.29) is 5.56 Å². The third-order valence-electron chi connectivity index (χ3n) is 2.17. The van der Waals surface area contributed by atoms with Gasteiger partial charge in [0.25, 0.3) is 0 Å². The Labute approximate surface area is 99.6 Å². The number of carboxylic acids is 1. The molecule has 2 rings (SSSR count). The van der Waals surface area contributed by atoms with Crippen molar-refractivity contribution in [1.82, 2.24) is 0 Å². The van der Waals surface area contributed by atoms with Crippen LogP contribution in [0, 0.1) is 0 Å². The number of hydrogen-bond acceptors (Lipinski definition) is 1. The molecule has 0 spiro atoms. The van der Waals surface area contributed by atoms with E-state index in [1.54, 1.807) is 18.2 Å². The van der Waals surface area contributed by atoms with Gasteiger partial charge < -0.3 is 5.11 Å². The van der Waals surface area contributed by atoms with E-state index in [0.29, 0.717) is 10.4 Å². The van der Waals surface area contributed by atoms with Gasteiger partial charge in [0.05, 0.1) is 5.56 Å². The van der Waals surface area contributed by atoms with Gasteiger partial charge in [-0.25, -0.2) is 4.79 Å². The summed E-state index contributed by atoms with van der Waals surface area (Å²) in [4.78, 5) is 11.0. The van der Waals surface area contributed by atoms with E-state index in [9.17, 15) is 4.79 Å². The summed E-state index contributed by atoms with van der Waals surface area (Å²) in [5.41, 5.74) is 0.252. The monoisotopic (exact) mass is 284 g/mol. The van der Waals surface area contributed by atoms with Crippen molar-refractivity contribution in [3.05, 3.63) is 45.4 Å². The molecule has 15 heavy (non-hydrogen) atoms. The zero-order chi connectivity index (χ0) is 11.0. The maximum absolute atomic E-state index is 11.0. The first-order valence-corrected chi connectivity index (χ1v) is 5.38. The van der Waals surface area contributed by atoms with E-state index in [1.165, 1.54) is 6.07 Å². The fourth-order valence-corrected chi connectivity index (χ4v) is 2.30. The molecule has 0 aliphatic heterocycles. The fraction of sp³-hybridized carbons (Fsp3) is 0. The summed E-state index contributed by atoms with van der Waals surface area (Å²) in [6.07, 6.45) is 0. The first kappa shape index (κ1) is 10.5. The molecule has 4 heteroatoms. The first-order chi connectivity index (χ1) is 7.11. The highest BCUT2D eigenvalue weighted by Gasteiger charge is 2.12. The zero-order valence-corrected chi connectivity index (χ0v) is 9.84. The molecular formula is C11H6BrClO2. The second kappa shape index (κ2) is 3.83. The number of carbonyl (C=O) groups is 1. The molecule has 76 valence electrons. The van der Waals surface area contributed by atoms with Gasteiger partial charge in [-0.1, -0.05) is 39.7 Å². The van der Waals surface area contributed by atoms with Crippen molar-refractivity contribution >= 4 is 44.3 Å². The van der Waals surface area contributed by atoms with Crippen molar-refractivity contribution in [2.75, 3.05) is 0 Å². The quantitative estimate of drug-likeness (QED) is 0.861. The van der Waals surface area contributed by atoms with E-state index < -0.39 is 5.97 Å². The second-order valence-corrected chi connectivity index (χ2v) is 4.32. The standard InChI is InChI=1S/C11H6BrClO2/c12-8-3-1-2-6-9(13)5-4-7(10(6)8)11(14)15/h1-5H,(H,14,15). The van der Waals surface area contributed by atoms with Gasteiger partial charge in [-0.05, 0) is 18.2 Å². The lowest BCUT2D eigenvalue weighted by molar-refractivity contribution is 0.0699. The Bertz CT molecular complexity index is 552. The average Bonchev–Trinajstić information content (AvgIpc) is 2.19. The second-order valence-electron chi connectivity index (χ2n) is 3.06. The highest BCUT2D eigenvalue weighted by Crippen LogP contribution is 2.32. The number of benzene rings is 2. The van der Waals surface area contributed by atoms with Gasteiger partial charge >= 0.3 is 5.97 Å². The lowest BCUT2D eigenvalue weighted by Crippen LogP contribution is -1.97. The van der Waals surface area contributed by atoms with Crippen molar-refractivity contribution in [3.63, 3.8) is 0 Å². The molecule has 0 fully saturated rings. The van der Waals surface area contributed by atoms with Crippen molar-refractivity contribution in [2.45, 2.75) is 0 Å². The minimum atomic E-state index is -0.955. The Kier molecular flexibility index (Phi) is 2.67. The molecule has 1 N–H and O–H groups in total. The van der Waals surface area contributed by atoms with Crippen molar-refractivity contribution in [3.8, 4) is 0 Å². The molecule has 2 nitrogen and oxygen atoms in total. The molecule has 0 aliphatic carbocycles. The van der Waals surface area contributed by atoms with Gasteiger partial charge in [0, 0.05) is 20.3 Å². The lowest BCUT2D eigenvalue weighted by Gasteiger charge is -2.06. The predicted octanol–water partition coefficient (Wildman–Crippen LogP) is 3.95. The summed E-state index contributed by atoms with van der Waals surface area (Å²) in [5.74, 6) is -0.955. The van der Waals surface area contributed by atoms with Crippen LogP contribution < -0.4 is 0 Å². The van der Waals surface area contributed by atoms with Gasteiger partial charge in [0.15, 0.2) is 0 Å². The molecule has 0 saturated carbocycles. The van der Waals surface area contributed by atoms with E-state index in [1.807, 2.05) is 6.07 Å². The molecule has 2 aromatic carbocycles. The first-order valence-electron chi connectivity index (χ1n) is 4.21. The molecule has 0 aliphatic rings. The average molecular weight is 286 g/mol. The van der Waals surface area contributed by atoms with Crippen molar-refractivity contribution < 1.29 is 9.90 Å². The molecule has 0 bridgehead atoms. The predicted molar refractivity (Wildman–Crippen MR) is 63.6 cm³/mol. The van der Waals surface area contributed by atoms with Crippen LogP contribution in [0.25, 0.3) is 10.8 Å². The smallest absolute Gasteiger partial charge is 0.336 e. The van der Waals surface area contributed by atoms with Gasteiger partial charge in [0.1, 0.15) is 0 Å². The largest absolute Gasteiger partial charge is 0.478 e. The summed E-state index contributed by atoms with van der Waals surface area (Å²) in [6.45, 7) is 0. The van der Waals surface area contributed by atoms with Crippen LogP contribution in [-0.4, -0.2) is 11.1 Å². The van der Waals surface area contributed by atoms with Crippen LogP contribution in [0.5, 0.6) is 0 Å². The molecular weight excluding hydrogens is 279 g/mol. The Morgan fingerprint density at radius 3 is 2.67 bits per heavy atom. The number of hydrogen-bond donors (Lipinski definition) is 1. The number of carboxylic acid groups (broad SMARTS) is 1. The Hall–Kier alpha value is -1.06. The SMILES string of the molecule is O=C(O)c1ccc(Cl)c2cccc(Br)c12. The fourth-order valence-electron chi connectivity index (χ4n) is 1.50. The van der Waals surface area contributed by atoms with Gasteiger partial charge in [0.2, 0.25) is 0 Å². The van der Waals surface area contributed by atoms with E-state index >= 15 is 0 Å². The van der Waals surface area contributed by atoms with Gasteiger partial charge in [-0.3, -0.25) is 0 Å². The van der Waals surface area contributed by atoms with Crippen LogP contribution in [-0.2, 0) is 0 Å². The molecule has 0 unspecified atom stereocenters. The van der Waals surface area contributed by atoms with Crippen LogP contribution >= 0.6 is 27.5 Å². The minimum absolute atomic E-state index is 0.252. The van der Waals surface area contributed by atoms with Crippen LogP contribution in [0.3, 0.4) is 0 Å². The van der Waals surface area contributed by atoms with E-state index in [0.717, 1.165) is 9.86 Å². The number of halogens is 2. The molecule has 0 aromatic heterocycles. The molecule has 2 aromatic rings. The Morgan fingerprint density at radius 1 is 1.27 bits per heavy atom. The van der Waals surface area contributed by atoms with Crippen molar-refractivity contribution in [1.29, 1.82) is 0 Å².